The first kappa shape index (κ1) is 19.8. The summed E-state index contributed by atoms with van der Waals surface area (Å²) < 4.78 is 5.43. The van der Waals surface area contributed by atoms with Gasteiger partial charge in [0.05, 0.1) is 18.8 Å². The van der Waals surface area contributed by atoms with Crippen molar-refractivity contribution < 1.29 is 9.53 Å². The van der Waals surface area contributed by atoms with E-state index in [0.717, 1.165) is 54.2 Å². The van der Waals surface area contributed by atoms with Gasteiger partial charge in [-0.1, -0.05) is 18.6 Å². The first-order valence-corrected chi connectivity index (χ1v) is 10.1. The Morgan fingerprint density at radius 3 is 2.63 bits per heavy atom. The minimum absolute atomic E-state index is 0.0210. The number of piperidine rings is 1. The lowest BCUT2D eigenvalue weighted by molar-refractivity contribution is -0.118. The Balaban J connectivity index is 1.43. The molecule has 3 N–H and O–H groups in total. The minimum Gasteiger partial charge on any atom is -0.496 e. The van der Waals surface area contributed by atoms with Gasteiger partial charge in [-0.2, -0.15) is 0 Å². The smallest absolute Gasteiger partial charge is 0.241 e. The number of nitrogens with zero attached hydrogens (tertiary/aromatic N) is 2. The van der Waals surface area contributed by atoms with E-state index in [1.54, 1.807) is 7.11 Å². The number of rotatable bonds is 6. The molecule has 1 saturated heterocycles. The molecule has 0 unspecified atom stereocenters. The molecule has 1 aromatic heterocycles. The molecule has 2 heterocycles. The minimum atomic E-state index is -0.106. The lowest BCUT2D eigenvalue weighted by Crippen LogP contribution is -2.43. The molecule has 4 rings (SSSR count). The highest BCUT2D eigenvalue weighted by atomic mass is 16.5. The van der Waals surface area contributed by atoms with Crippen molar-refractivity contribution in [3.8, 4) is 17.0 Å². The van der Waals surface area contributed by atoms with E-state index in [-0.39, 0.29) is 11.9 Å². The zero-order chi connectivity index (χ0) is 20.8. The number of amides is 1. The molecule has 1 aliphatic heterocycles. The van der Waals surface area contributed by atoms with E-state index >= 15 is 0 Å². The summed E-state index contributed by atoms with van der Waals surface area (Å²) in [4.78, 5) is 21.0. The van der Waals surface area contributed by atoms with Gasteiger partial charge < -0.3 is 20.7 Å². The highest BCUT2D eigenvalue weighted by molar-refractivity contribution is 5.95. The molecule has 1 atom stereocenters. The fourth-order valence-electron chi connectivity index (χ4n) is 3.52. The van der Waals surface area contributed by atoms with Crippen LogP contribution < -0.4 is 20.7 Å². The standard InChI is InChI=1S/C23H25N5O2/c1-30-21-8-3-2-6-18(21)20-14-22(26-15-25-20)27-16-9-11-17(12-10-16)28-23(29)19-7-4-5-13-24-19/h2-3,6,8-12,14-15,19,24H,4-5,7,13H2,1H3,(H,28,29)(H,25,26,27)/t19-/m0/s1. The number of hydrogen-bond donors (Lipinski definition) is 3. The summed E-state index contributed by atoms with van der Waals surface area (Å²) >= 11 is 0. The number of nitrogens with one attached hydrogen (secondary N) is 3. The number of benzene rings is 2. The molecular weight excluding hydrogens is 378 g/mol. The van der Waals surface area contributed by atoms with Crippen LogP contribution in [0.25, 0.3) is 11.3 Å². The molecule has 1 amide bonds. The Kier molecular flexibility index (Phi) is 6.20. The fraction of sp³-hybridized carbons (Fsp3) is 0.261. The number of hydrogen-bond acceptors (Lipinski definition) is 6. The Morgan fingerprint density at radius 1 is 1.07 bits per heavy atom. The predicted octanol–water partition coefficient (Wildman–Crippen LogP) is 3.98. The number of para-hydroxylation sites is 1. The number of methoxy groups -OCH3 is 1. The molecular formula is C23H25N5O2. The third-order valence-corrected chi connectivity index (χ3v) is 5.10. The molecule has 7 heteroatoms. The third kappa shape index (κ3) is 4.75. The predicted molar refractivity (Wildman–Crippen MR) is 118 cm³/mol. The Bertz CT molecular complexity index is 1000. The van der Waals surface area contributed by atoms with Gasteiger partial charge in [0.15, 0.2) is 0 Å². The quantitative estimate of drug-likeness (QED) is 0.577. The van der Waals surface area contributed by atoms with Gasteiger partial charge in [-0.3, -0.25) is 4.79 Å². The number of carbonyl (C=O) groups excluding carboxylic acids is 1. The Morgan fingerprint density at radius 2 is 1.87 bits per heavy atom. The van der Waals surface area contributed by atoms with Crippen LogP contribution in [-0.4, -0.2) is 35.6 Å². The molecule has 0 aliphatic carbocycles. The van der Waals surface area contributed by atoms with Gasteiger partial charge in [-0.05, 0) is 55.8 Å². The van der Waals surface area contributed by atoms with Crippen LogP contribution in [0.3, 0.4) is 0 Å². The van der Waals surface area contributed by atoms with E-state index in [1.165, 1.54) is 6.33 Å². The van der Waals surface area contributed by atoms with Gasteiger partial charge in [0, 0.05) is 23.0 Å². The summed E-state index contributed by atoms with van der Waals surface area (Å²) in [5.41, 5.74) is 3.32. The molecule has 1 aliphatic rings. The van der Waals surface area contributed by atoms with Gasteiger partial charge in [0.25, 0.3) is 0 Å². The third-order valence-electron chi connectivity index (χ3n) is 5.10. The second kappa shape index (κ2) is 9.37. The van der Waals surface area contributed by atoms with E-state index in [9.17, 15) is 4.79 Å². The van der Waals surface area contributed by atoms with Crippen molar-refractivity contribution in [1.29, 1.82) is 0 Å². The highest BCUT2D eigenvalue weighted by Crippen LogP contribution is 2.29. The molecule has 0 radical (unpaired) electrons. The van der Waals surface area contributed by atoms with Crippen LogP contribution in [0.15, 0.2) is 60.9 Å². The largest absolute Gasteiger partial charge is 0.496 e. The molecule has 7 nitrogen and oxygen atoms in total. The SMILES string of the molecule is COc1ccccc1-c1cc(Nc2ccc(NC(=O)[C@@H]3CCCCN3)cc2)ncn1. The average Bonchev–Trinajstić information content (AvgIpc) is 2.81. The summed E-state index contributed by atoms with van der Waals surface area (Å²) in [7, 11) is 1.64. The van der Waals surface area contributed by atoms with Gasteiger partial charge >= 0.3 is 0 Å². The van der Waals surface area contributed by atoms with Crippen molar-refractivity contribution >= 4 is 23.1 Å². The van der Waals surface area contributed by atoms with Crippen molar-refractivity contribution in [3.63, 3.8) is 0 Å². The van der Waals surface area contributed by atoms with Gasteiger partial charge in [0.2, 0.25) is 5.91 Å². The number of carbonyl (C=O) groups is 1. The maximum atomic E-state index is 12.4. The van der Waals surface area contributed by atoms with E-state index in [1.807, 2.05) is 54.6 Å². The summed E-state index contributed by atoms with van der Waals surface area (Å²) in [6.07, 6.45) is 4.62. The Hall–Kier alpha value is -3.45. The van der Waals surface area contributed by atoms with Crippen LogP contribution in [0.1, 0.15) is 19.3 Å². The summed E-state index contributed by atoms with van der Waals surface area (Å²) in [5.74, 6) is 1.46. The second-order valence-electron chi connectivity index (χ2n) is 7.18. The molecule has 0 saturated carbocycles. The van der Waals surface area contributed by atoms with Crippen LogP contribution in [0.4, 0.5) is 17.2 Å². The first-order chi connectivity index (χ1) is 14.7. The lowest BCUT2D eigenvalue weighted by Gasteiger charge is -2.22. The topological polar surface area (TPSA) is 88.2 Å². The molecule has 3 aromatic rings. The molecule has 154 valence electrons. The molecule has 2 aromatic carbocycles. The van der Waals surface area contributed by atoms with E-state index < -0.39 is 0 Å². The molecule has 1 fully saturated rings. The number of aromatic nitrogens is 2. The van der Waals surface area contributed by atoms with Crippen molar-refractivity contribution in [3.05, 3.63) is 60.9 Å². The normalized spacial score (nSPS) is 16.0. The van der Waals surface area contributed by atoms with Crippen molar-refractivity contribution in [2.75, 3.05) is 24.3 Å². The highest BCUT2D eigenvalue weighted by Gasteiger charge is 2.20. The van der Waals surface area contributed by atoms with Gasteiger partial charge in [0.1, 0.15) is 17.9 Å². The van der Waals surface area contributed by atoms with E-state index in [4.69, 9.17) is 4.74 Å². The van der Waals surface area contributed by atoms with Gasteiger partial charge in [-0.15, -0.1) is 0 Å². The van der Waals surface area contributed by atoms with Gasteiger partial charge in [-0.25, -0.2) is 9.97 Å². The Labute approximate surface area is 175 Å². The van der Waals surface area contributed by atoms with Crippen molar-refractivity contribution in [1.82, 2.24) is 15.3 Å². The van der Waals surface area contributed by atoms with E-state index in [2.05, 4.69) is 25.9 Å². The average molecular weight is 403 g/mol. The van der Waals surface area contributed by atoms with Crippen molar-refractivity contribution in [2.45, 2.75) is 25.3 Å². The molecule has 0 bridgehead atoms. The molecule has 30 heavy (non-hydrogen) atoms. The fourth-order valence-corrected chi connectivity index (χ4v) is 3.52. The first-order valence-electron chi connectivity index (χ1n) is 10.1. The summed E-state index contributed by atoms with van der Waals surface area (Å²) in [6, 6.07) is 17.1. The summed E-state index contributed by atoms with van der Waals surface area (Å²) in [6.45, 7) is 0.900. The van der Waals surface area contributed by atoms with Crippen LogP contribution in [0.5, 0.6) is 5.75 Å². The zero-order valence-electron chi connectivity index (χ0n) is 16.9. The lowest BCUT2D eigenvalue weighted by atomic mass is 10.0. The van der Waals surface area contributed by atoms with E-state index in [0.29, 0.717) is 5.82 Å². The molecule has 0 spiro atoms. The van der Waals surface area contributed by atoms with Crippen molar-refractivity contribution in [2.24, 2.45) is 0 Å². The monoisotopic (exact) mass is 403 g/mol. The second-order valence-corrected chi connectivity index (χ2v) is 7.18. The maximum absolute atomic E-state index is 12.4. The van der Waals surface area contributed by atoms with Crippen LogP contribution in [0, 0.1) is 0 Å². The summed E-state index contributed by atoms with van der Waals surface area (Å²) in [5, 5.41) is 9.52. The number of ether oxygens (including phenoxy) is 1. The van der Waals surface area contributed by atoms with Crippen LogP contribution in [-0.2, 0) is 4.79 Å². The number of anilines is 3. The van der Waals surface area contributed by atoms with Crippen LogP contribution in [0.2, 0.25) is 0 Å². The maximum Gasteiger partial charge on any atom is 0.241 e. The van der Waals surface area contributed by atoms with Crippen LogP contribution >= 0.6 is 0 Å². The zero-order valence-corrected chi connectivity index (χ0v) is 16.9.